The van der Waals surface area contributed by atoms with E-state index in [2.05, 4.69) is 43.4 Å². The minimum Gasteiger partial charge on any atom is -0.491 e. The summed E-state index contributed by atoms with van der Waals surface area (Å²) in [6.45, 7) is 9.26. The van der Waals surface area contributed by atoms with Gasteiger partial charge in [0.1, 0.15) is 5.75 Å². The van der Waals surface area contributed by atoms with Crippen LogP contribution in [0.3, 0.4) is 0 Å². The Bertz CT molecular complexity index is 356. The van der Waals surface area contributed by atoms with Gasteiger partial charge in [0.05, 0.1) is 6.10 Å². The maximum absolute atomic E-state index is 5.65. The van der Waals surface area contributed by atoms with Crippen molar-refractivity contribution in [3.05, 3.63) is 35.9 Å². The zero-order valence-corrected chi connectivity index (χ0v) is 11.2. The average Bonchev–Trinajstić information content (AvgIpc) is 2.24. The normalized spacial score (nSPS) is 11.6. The molecule has 0 aliphatic carbocycles. The first-order chi connectivity index (χ1) is 8.08. The Balaban J connectivity index is 2.53. The Morgan fingerprint density at radius 3 is 2.65 bits per heavy atom. The molecule has 1 aromatic rings. The first-order valence-electron chi connectivity index (χ1n) is 6.24. The van der Waals surface area contributed by atoms with E-state index in [0.717, 1.165) is 12.3 Å². The lowest BCUT2D eigenvalue weighted by Gasteiger charge is -2.09. The van der Waals surface area contributed by atoms with Gasteiger partial charge in [0.15, 0.2) is 0 Å². The van der Waals surface area contributed by atoms with Crippen molar-refractivity contribution in [1.29, 1.82) is 0 Å². The van der Waals surface area contributed by atoms with Crippen LogP contribution < -0.4 is 10.1 Å². The summed E-state index contributed by atoms with van der Waals surface area (Å²) in [6.07, 6.45) is 4.47. The van der Waals surface area contributed by atoms with E-state index in [1.165, 1.54) is 5.56 Å². The van der Waals surface area contributed by atoms with Crippen LogP contribution in [0.1, 0.15) is 33.3 Å². The van der Waals surface area contributed by atoms with Crippen LogP contribution in [-0.2, 0) is 0 Å². The van der Waals surface area contributed by atoms with E-state index < -0.39 is 0 Å². The van der Waals surface area contributed by atoms with Gasteiger partial charge in [-0.3, -0.25) is 0 Å². The SMILES string of the molecule is CC(C)NCC=Cc1cccc(OC(C)C)c1. The van der Waals surface area contributed by atoms with Gasteiger partial charge >= 0.3 is 0 Å². The minimum absolute atomic E-state index is 0.219. The molecule has 1 rings (SSSR count). The van der Waals surface area contributed by atoms with Gasteiger partial charge in [0.25, 0.3) is 0 Å². The number of benzene rings is 1. The van der Waals surface area contributed by atoms with Crippen molar-refractivity contribution < 1.29 is 4.74 Å². The third kappa shape index (κ3) is 6.12. The van der Waals surface area contributed by atoms with Crippen LogP contribution in [0, 0.1) is 0 Å². The van der Waals surface area contributed by atoms with E-state index in [1.54, 1.807) is 0 Å². The molecule has 2 nitrogen and oxygen atoms in total. The first-order valence-corrected chi connectivity index (χ1v) is 6.24. The van der Waals surface area contributed by atoms with E-state index in [-0.39, 0.29) is 6.10 Å². The summed E-state index contributed by atoms with van der Waals surface area (Å²) < 4.78 is 5.65. The highest BCUT2D eigenvalue weighted by Crippen LogP contribution is 2.15. The zero-order chi connectivity index (χ0) is 12.7. The van der Waals surface area contributed by atoms with Crippen LogP contribution in [-0.4, -0.2) is 18.7 Å². The molecule has 1 N–H and O–H groups in total. The van der Waals surface area contributed by atoms with Gasteiger partial charge < -0.3 is 10.1 Å². The molecule has 0 bridgehead atoms. The fraction of sp³-hybridized carbons (Fsp3) is 0.467. The van der Waals surface area contributed by atoms with Crippen molar-refractivity contribution in [2.75, 3.05) is 6.54 Å². The molecule has 1 aromatic carbocycles. The van der Waals surface area contributed by atoms with E-state index in [1.807, 2.05) is 26.0 Å². The number of ether oxygens (including phenoxy) is 1. The van der Waals surface area contributed by atoms with Crippen LogP contribution in [0.5, 0.6) is 5.75 Å². The maximum Gasteiger partial charge on any atom is 0.120 e. The largest absolute Gasteiger partial charge is 0.491 e. The molecule has 0 saturated heterocycles. The van der Waals surface area contributed by atoms with Crippen molar-refractivity contribution >= 4 is 6.08 Å². The zero-order valence-electron chi connectivity index (χ0n) is 11.2. The average molecular weight is 233 g/mol. The first kappa shape index (κ1) is 13.8. The van der Waals surface area contributed by atoms with Crippen molar-refractivity contribution in [3.63, 3.8) is 0 Å². The molecule has 94 valence electrons. The molecule has 0 amide bonds. The number of hydrogen-bond donors (Lipinski definition) is 1. The summed E-state index contributed by atoms with van der Waals surface area (Å²) in [7, 11) is 0. The molecule has 0 heterocycles. The van der Waals surface area contributed by atoms with Crippen LogP contribution in [0.25, 0.3) is 6.08 Å². The molecule has 0 radical (unpaired) electrons. The maximum atomic E-state index is 5.65. The predicted molar refractivity (Wildman–Crippen MR) is 74.4 cm³/mol. The summed E-state index contributed by atoms with van der Waals surface area (Å²) in [5, 5.41) is 3.34. The van der Waals surface area contributed by atoms with Crippen LogP contribution in [0.2, 0.25) is 0 Å². The predicted octanol–water partition coefficient (Wildman–Crippen LogP) is 3.49. The van der Waals surface area contributed by atoms with Gasteiger partial charge in [0, 0.05) is 12.6 Å². The highest BCUT2D eigenvalue weighted by atomic mass is 16.5. The Morgan fingerprint density at radius 2 is 2.00 bits per heavy atom. The van der Waals surface area contributed by atoms with Gasteiger partial charge in [0.2, 0.25) is 0 Å². The van der Waals surface area contributed by atoms with Crippen LogP contribution >= 0.6 is 0 Å². The molecule has 0 aromatic heterocycles. The van der Waals surface area contributed by atoms with E-state index in [9.17, 15) is 0 Å². The van der Waals surface area contributed by atoms with Gasteiger partial charge in [-0.1, -0.05) is 38.1 Å². The molecule has 0 spiro atoms. The lowest BCUT2D eigenvalue weighted by Crippen LogP contribution is -2.22. The Kier molecular flexibility index (Phi) is 5.78. The third-order valence-electron chi connectivity index (χ3n) is 2.18. The van der Waals surface area contributed by atoms with Crippen molar-refractivity contribution in [1.82, 2.24) is 5.32 Å². The molecule has 2 heteroatoms. The van der Waals surface area contributed by atoms with Crippen LogP contribution in [0.4, 0.5) is 0 Å². The number of rotatable bonds is 6. The molecule has 0 aliphatic heterocycles. The highest BCUT2D eigenvalue weighted by molar-refractivity contribution is 5.51. The molecular weight excluding hydrogens is 210 g/mol. The lowest BCUT2D eigenvalue weighted by molar-refractivity contribution is 0.242. The second-order valence-electron chi connectivity index (χ2n) is 4.70. The summed E-state index contributed by atoms with van der Waals surface area (Å²) in [5.74, 6) is 0.930. The summed E-state index contributed by atoms with van der Waals surface area (Å²) in [4.78, 5) is 0. The molecule has 0 atom stereocenters. The minimum atomic E-state index is 0.219. The highest BCUT2D eigenvalue weighted by Gasteiger charge is 1.97. The van der Waals surface area contributed by atoms with E-state index >= 15 is 0 Å². The van der Waals surface area contributed by atoms with Crippen molar-refractivity contribution in [2.45, 2.75) is 39.8 Å². The molecule has 0 aliphatic rings. The topological polar surface area (TPSA) is 21.3 Å². The summed E-state index contributed by atoms with van der Waals surface area (Å²) >= 11 is 0. The lowest BCUT2D eigenvalue weighted by atomic mass is 10.2. The number of hydrogen-bond acceptors (Lipinski definition) is 2. The second-order valence-corrected chi connectivity index (χ2v) is 4.70. The fourth-order valence-electron chi connectivity index (χ4n) is 1.46. The summed E-state index contributed by atoms with van der Waals surface area (Å²) in [5.41, 5.74) is 1.17. The Hall–Kier alpha value is -1.28. The molecule has 0 unspecified atom stereocenters. The van der Waals surface area contributed by atoms with Gasteiger partial charge in [-0.2, -0.15) is 0 Å². The van der Waals surface area contributed by atoms with Gasteiger partial charge in [-0.15, -0.1) is 0 Å². The summed E-state index contributed by atoms with van der Waals surface area (Å²) in [6, 6.07) is 8.68. The Morgan fingerprint density at radius 1 is 1.24 bits per heavy atom. The monoisotopic (exact) mass is 233 g/mol. The third-order valence-corrected chi connectivity index (χ3v) is 2.18. The molecule has 0 fully saturated rings. The smallest absolute Gasteiger partial charge is 0.120 e. The van der Waals surface area contributed by atoms with Gasteiger partial charge in [-0.25, -0.2) is 0 Å². The van der Waals surface area contributed by atoms with Crippen LogP contribution in [0.15, 0.2) is 30.3 Å². The number of nitrogens with one attached hydrogen (secondary N) is 1. The van der Waals surface area contributed by atoms with E-state index in [0.29, 0.717) is 6.04 Å². The molecule has 0 saturated carbocycles. The molecule has 17 heavy (non-hydrogen) atoms. The quantitative estimate of drug-likeness (QED) is 0.812. The fourth-order valence-corrected chi connectivity index (χ4v) is 1.46. The van der Waals surface area contributed by atoms with E-state index in [4.69, 9.17) is 4.74 Å². The van der Waals surface area contributed by atoms with Crippen molar-refractivity contribution in [3.8, 4) is 5.75 Å². The molecular formula is C15H23NO. The standard InChI is InChI=1S/C15H23NO/c1-12(2)16-10-6-8-14-7-5-9-15(11-14)17-13(3)4/h5-9,11-13,16H,10H2,1-4H3. The Labute approximate surface area is 105 Å². The van der Waals surface area contributed by atoms with Crippen molar-refractivity contribution in [2.24, 2.45) is 0 Å². The second kappa shape index (κ2) is 7.13. The van der Waals surface area contributed by atoms with Gasteiger partial charge in [-0.05, 0) is 31.5 Å².